The maximum absolute atomic E-state index is 14.3. The average Bonchev–Trinajstić information content (AvgIpc) is 3.63. The molecule has 0 aliphatic heterocycles. The standard InChI is InChI=1S/C27H15F6N9/c1-14-34-15-8-2-5-11-18(15)40(14)23-37-24(41-19-12-6-3-9-16(19)35-21(41)26(28,29)30)39-25(38-23)42-20-13-7-4-10-17(20)36-22(42)27(31,32)33/h2-13H,1H3. The number of hydrogen-bond donors (Lipinski definition) is 0. The molecule has 3 aromatic carbocycles. The first-order valence-electron chi connectivity index (χ1n) is 12.3. The van der Waals surface area contributed by atoms with Gasteiger partial charge in [-0.15, -0.1) is 0 Å². The number of aryl methyl sites for hydroxylation is 1. The average molecular weight is 579 g/mol. The fraction of sp³-hybridized carbons (Fsp3) is 0.111. The van der Waals surface area contributed by atoms with Crippen LogP contribution in [-0.4, -0.2) is 43.6 Å². The Morgan fingerprint density at radius 2 is 0.786 bits per heavy atom. The normalized spacial score (nSPS) is 12.6. The lowest BCUT2D eigenvalue weighted by molar-refractivity contribution is -0.146. The highest BCUT2D eigenvalue weighted by Gasteiger charge is 2.41. The first-order valence-corrected chi connectivity index (χ1v) is 12.3. The van der Waals surface area contributed by atoms with Crippen LogP contribution < -0.4 is 0 Å². The van der Waals surface area contributed by atoms with Gasteiger partial charge < -0.3 is 0 Å². The van der Waals surface area contributed by atoms with E-state index in [9.17, 15) is 26.3 Å². The topological polar surface area (TPSA) is 92.1 Å². The van der Waals surface area contributed by atoms with Crippen LogP contribution in [0.3, 0.4) is 0 Å². The van der Waals surface area contributed by atoms with Gasteiger partial charge in [0.1, 0.15) is 5.82 Å². The number of aromatic nitrogens is 9. The van der Waals surface area contributed by atoms with E-state index in [1.54, 1.807) is 31.2 Å². The monoisotopic (exact) mass is 579 g/mol. The lowest BCUT2D eigenvalue weighted by Crippen LogP contribution is -2.21. The molecule has 7 aromatic rings. The largest absolute Gasteiger partial charge is 0.450 e. The number of imidazole rings is 3. The van der Waals surface area contributed by atoms with Crippen molar-refractivity contribution in [1.29, 1.82) is 0 Å². The molecule has 15 heteroatoms. The Labute approximate surface area is 230 Å². The van der Waals surface area contributed by atoms with Crippen molar-refractivity contribution < 1.29 is 26.3 Å². The van der Waals surface area contributed by atoms with Gasteiger partial charge in [0.05, 0.1) is 33.1 Å². The molecule has 7 rings (SSSR count). The zero-order valence-electron chi connectivity index (χ0n) is 21.2. The quantitative estimate of drug-likeness (QED) is 0.231. The Morgan fingerprint density at radius 1 is 0.452 bits per heavy atom. The summed E-state index contributed by atoms with van der Waals surface area (Å²) in [5.74, 6) is -3.82. The Hall–Kier alpha value is -5.34. The van der Waals surface area contributed by atoms with Crippen LogP contribution in [0.25, 0.3) is 50.9 Å². The number of para-hydroxylation sites is 6. The molecule has 0 fully saturated rings. The SMILES string of the molecule is Cc1nc2ccccc2n1-c1nc(-n2c(C(F)(F)F)nc3ccccc32)nc(-n2c(C(F)(F)F)nc3ccccc32)n1. The van der Waals surface area contributed by atoms with Crippen molar-refractivity contribution in [3.63, 3.8) is 0 Å². The molecule has 0 unspecified atom stereocenters. The van der Waals surface area contributed by atoms with Crippen LogP contribution >= 0.6 is 0 Å². The van der Waals surface area contributed by atoms with Crippen molar-refractivity contribution >= 4 is 33.1 Å². The predicted octanol–water partition coefficient (Wildman–Crippen LogP) is 6.23. The van der Waals surface area contributed by atoms with E-state index < -0.39 is 35.9 Å². The van der Waals surface area contributed by atoms with Crippen molar-refractivity contribution in [2.75, 3.05) is 0 Å². The molecule has 0 bridgehead atoms. The number of nitrogens with zero attached hydrogens (tertiary/aromatic N) is 9. The third-order valence-corrected chi connectivity index (χ3v) is 6.56. The summed E-state index contributed by atoms with van der Waals surface area (Å²) in [4.78, 5) is 24.8. The molecule has 0 aliphatic rings. The summed E-state index contributed by atoms with van der Waals surface area (Å²) in [6, 6.07) is 18.4. The van der Waals surface area contributed by atoms with Gasteiger partial charge in [0.25, 0.3) is 0 Å². The van der Waals surface area contributed by atoms with E-state index in [0.29, 0.717) is 26.0 Å². The van der Waals surface area contributed by atoms with Crippen molar-refractivity contribution in [1.82, 2.24) is 43.6 Å². The highest BCUT2D eigenvalue weighted by molar-refractivity contribution is 5.80. The lowest BCUT2D eigenvalue weighted by atomic mass is 10.3. The summed E-state index contributed by atoms with van der Waals surface area (Å²) in [6.07, 6.45) is -9.91. The molecule has 0 saturated carbocycles. The Balaban J connectivity index is 1.62. The highest BCUT2D eigenvalue weighted by Crippen LogP contribution is 2.35. The molecule has 9 nitrogen and oxygen atoms in total. The molecule has 42 heavy (non-hydrogen) atoms. The zero-order chi connectivity index (χ0) is 29.4. The van der Waals surface area contributed by atoms with Crippen LogP contribution in [0.2, 0.25) is 0 Å². The van der Waals surface area contributed by atoms with Crippen molar-refractivity contribution in [3.05, 3.63) is 90.3 Å². The third kappa shape index (κ3) is 3.95. The van der Waals surface area contributed by atoms with Crippen LogP contribution in [0.4, 0.5) is 26.3 Å². The number of benzene rings is 3. The fourth-order valence-electron chi connectivity index (χ4n) is 4.88. The Kier molecular flexibility index (Phi) is 5.38. The number of fused-ring (bicyclic) bond motifs is 3. The van der Waals surface area contributed by atoms with E-state index >= 15 is 0 Å². The van der Waals surface area contributed by atoms with Gasteiger partial charge in [-0.25, -0.2) is 15.0 Å². The minimum atomic E-state index is -4.96. The number of alkyl halides is 6. The first kappa shape index (κ1) is 25.6. The van der Waals surface area contributed by atoms with E-state index in [1.807, 2.05) is 0 Å². The van der Waals surface area contributed by atoms with Gasteiger partial charge in [-0.3, -0.25) is 13.7 Å². The molecule has 0 radical (unpaired) electrons. The van der Waals surface area contributed by atoms with Gasteiger partial charge in [0, 0.05) is 0 Å². The molecule has 4 heterocycles. The molecular weight excluding hydrogens is 564 g/mol. The second-order valence-corrected chi connectivity index (χ2v) is 9.23. The summed E-state index contributed by atoms with van der Waals surface area (Å²) in [7, 11) is 0. The number of halogens is 6. The van der Waals surface area contributed by atoms with Crippen LogP contribution in [-0.2, 0) is 12.4 Å². The summed E-state index contributed by atoms with van der Waals surface area (Å²) in [5.41, 5.74) is 0.962. The Morgan fingerprint density at radius 3 is 1.19 bits per heavy atom. The molecule has 0 spiro atoms. The van der Waals surface area contributed by atoms with Crippen molar-refractivity contribution in [3.8, 4) is 17.8 Å². The fourth-order valence-corrected chi connectivity index (χ4v) is 4.88. The smallest absolute Gasteiger partial charge is 0.264 e. The molecular formula is C27H15F6N9. The summed E-state index contributed by atoms with van der Waals surface area (Å²) >= 11 is 0. The van der Waals surface area contributed by atoms with Crippen LogP contribution in [0.1, 0.15) is 17.5 Å². The van der Waals surface area contributed by atoms with Gasteiger partial charge in [-0.05, 0) is 43.3 Å². The van der Waals surface area contributed by atoms with E-state index in [0.717, 1.165) is 0 Å². The molecule has 0 saturated heterocycles. The third-order valence-electron chi connectivity index (χ3n) is 6.56. The number of hydrogen-bond acceptors (Lipinski definition) is 6. The first-order chi connectivity index (χ1) is 20.0. The van der Waals surface area contributed by atoms with Gasteiger partial charge in [-0.1, -0.05) is 36.4 Å². The van der Waals surface area contributed by atoms with Crippen LogP contribution in [0, 0.1) is 6.92 Å². The minimum absolute atomic E-state index is 0.00771. The second-order valence-electron chi connectivity index (χ2n) is 9.23. The van der Waals surface area contributed by atoms with Gasteiger partial charge in [0.2, 0.25) is 29.5 Å². The molecule has 0 aliphatic carbocycles. The van der Waals surface area contributed by atoms with E-state index in [-0.39, 0.29) is 28.0 Å². The highest BCUT2D eigenvalue weighted by atomic mass is 19.4. The van der Waals surface area contributed by atoms with E-state index in [2.05, 4.69) is 29.9 Å². The van der Waals surface area contributed by atoms with Gasteiger partial charge in [-0.2, -0.15) is 41.3 Å². The van der Waals surface area contributed by atoms with Gasteiger partial charge >= 0.3 is 12.4 Å². The maximum Gasteiger partial charge on any atom is 0.450 e. The van der Waals surface area contributed by atoms with E-state index in [1.165, 1.54) is 53.1 Å². The molecule has 0 amide bonds. The summed E-state index contributed by atoms with van der Waals surface area (Å²) in [5, 5.41) is 0. The molecule has 210 valence electrons. The van der Waals surface area contributed by atoms with E-state index in [4.69, 9.17) is 0 Å². The predicted molar refractivity (Wildman–Crippen MR) is 138 cm³/mol. The zero-order valence-corrected chi connectivity index (χ0v) is 21.2. The van der Waals surface area contributed by atoms with Gasteiger partial charge in [0.15, 0.2) is 0 Å². The lowest BCUT2D eigenvalue weighted by Gasteiger charge is -2.15. The van der Waals surface area contributed by atoms with Crippen LogP contribution in [0.5, 0.6) is 0 Å². The Bertz CT molecular complexity index is 2040. The van der Waals surface area contributed by atoms with Crippen LogP contribution in [0.15, 0.2) is 72.8 Å². The molecule has 0 N–H and O–H groups in total. The second kappa shape index (κ2) is 8.83. The van der Waals surface area contributed by atoms with Crippen molar-refractivity contribution in [2.45, 2.75) is 19.3 Å². The van der Waals surface area contributed by atoms with Crippen molar-refractivity contribution in [2.24, 2.45) is 0 Å². The minimum Gasteiger partial charge on any atom is -0.264 e. The maximum atomic E-state index is 14.3. The summed E-state index contributed by atoms with van der Waals surface area (Å²) in [6.45, 7) is 1.62. The number of rotatable bonds is 3. The summed E-state index contributed by atoms with van der Waals surface area (Å²) < 4.78 is 88.5. The molecule has 0 atom stereocenters. The molecule has 4 aromatic heterocycles.